The van der Waals surface area contributed by atoms with Gasteiger partial charge in [0.25, 0.3) is 11.5 Å². The third kappa shape index (κ3) is 3.88. The van der Waals surface area contributed by atoms with E-state index in [1.807, 2.05) is 24.3 Å². The summed E-state index contributed by atoms with van der Waals surface area (Å²) in [5, 5.41) is 8.60. The van der Waals surface area contributed by atoms with Crippen LogP contribution in [0.3, 0.4) is 0 Å². The van der Waals surface area contributed by atoms with Crippen LogP contribution in [0.4, 0.5) is 0 Å². The van der Waals surface area contributed by atoms with Crippen molar-refractivity contribution < 1.29 is 9.53 Å². The van der Waals surface area contributed by atoms with Crippen molar-refractivity contribution in [2.24, 2.45) is 0 Å². The van der Waals surface area contributed by atoms with Gasteiger partial charge >= 0.3 is 0 Å². The molecule has 1 amide bonds. The van der Waals surface area contributed by atoms with Gasteiger partial charge < -0.3 is 10.1 Å². The highest BCUT2D eigenvalue weighted by molar-refractivity contribution is 5.96. The zero-order valence-electron chi connectivity index (χ0n) is 16.3. The zero-order valence-corrected chi connectivity index (χ0v) is 16.3. The molecule has 0 aliphatic carbocycles. The molecule has 4 aromatic rings. The Labute approximate surface area is 172 Å². The average Bonchev–Trinajstić information content (AvgIpc) is 2.80. The molecule has 0 fully saturated rings. The number of amides is 1. The second-order valence-electron chi connectivity index (χ2n) is 6.56. The number of rotatable bonds is 6. The first-order valence-electron chi connectivity index (χ1n) is 9.32. The minimum Gasteiger partial charge on any atom is -0.480 e. The Balaban J connectivity index is 1.67. The molecule has 0 saturated heterocycles. The minimum atomic E-state index is -0.337. The van der Waals surface area contributed by atoms with Crippen molar-refractivity contribution in [2.45, 2.75) is 13.1 Å². The van der Waals surface area contributed by atoms with E-state index in [4.69, 9.17) is 4.74 Å². The summed E-state index contributed by atoms with van der Waals surface area (Å²) in [4.78, 5) is 33.7. The number of nitrogens with one attached hydrogen (secondary N) is 1. The summed E-state index contributed by atoms with van der Waals surface area (Å²) in [5.41, 5.74) is 1.58. The molecule has 0 unspecified atom stereocenters. The Morgan fingerprint density at radius 2 is 1.87 bits per heavy atom. The van der Waals surface area contributed by atoms with E-state index in [9.17, 15) is 9.59 Å². The van der Waals surface area contributed by atoms with Gasteiger partial charge in [0.15, 0.2) is 0 Å². The van der Waals surface area contributed by atoms with E-state index in [1.165, 1.54) is 11.8 Å². The van der Waals surface area contributed by atoms with Gasteiger partial charge in [-0.2, -0.15) is 5.10 Å². The van der Waals surface area contributed by atoms with Crippen LogP contribution < -0.4 is 15.6 Å². The van der Waals surface area contributed by atoms with Gasteiger partial charge in [-0.25, -0.2) is 9.67 Å². The summed E-state index contributed by atoms with van der Waals surface area (Å²) >= 11 is 0. The summed E-state index contributed by atoms with van der Waals surface area (Å²) in [6.45, 7) is 0.430. The number of ether oxygens (including phenoxy) is 1. The second-order valence-corrected chi connectivity index (χ2v) is 6.56. The number of aromatic nitrogens is 4. The Morgan fingerprint density at radius 1 is 1.07 bits per heavy atom. The number of benzene rings is 1. The highest BCUT2D eigenvalue weighted by Crippen LogP contribution is 2.16. The summed E-state index contributed by atoms with van der Waals surface area (Å²) in [6.07, 6.45) is 4.92. The highest BCUT2D eigenvalue weighted by atomic mass is 16.5. The van der Waals surface area contributed by atoms with E-state index in [-0.39, 0.29) is 30.4 Å². The maximum atomic E-state index is 12.9. The molecule has 0 aliphatic heterocycles. The molecular formula is C22H19N5O3. The fraction of sp³-hybridized carbons (Fsp3) is 0.136. The van der Waals surface area contributed by atoms with Crippen molar-refractivity contribution in [2.75, 3.05) is 7.11 Å². The van der Waals surface area contributed by atoms with E-state index >= 15 is 0 Å². The molecule has 8 nitrogen and oxygen atoms in total. The summed E-state index contributed by atoms with van der Waals surface area (Å²) < 4.78 is 6.55. The molecule has 150 valence electrons. The molecule has 1 N–H and O–H groups in total. The van der Waals surface area contributed by atoms with Gasteiger partial charge in [-0.1, -0.05) is 24.3 Å². The van der Waals surface area contributed by atoms with Gasteiger partial charge in [0.05, 0.1) is 31.3 Å². The van der Waals surface area contributed by atoms with Crippen LogP contribution in [0.2, 0.25) is 0 Å². The third-order valence-electron chi connectivity index (χ3n) is 4.62. The Bertz CT molecular complexity index is 1250. The number of fused-ring (bicyclic) bond motifs is 1. The van der Waals surface area contributed by atoms with Crippen molar-refractivity contribution in [3.05, 3.63) is 94.3 Å². The van der Waals surface area contributed by atoms with Gasteiger partial charge in [0.1, 0.15) is 5.56 Å². The van der Waals surface area contributed by atoms with Crippen LogP contribution >= 0.6 is 0 Å². The van der Waals surface area contributed by atoms with Crippen molar-refractivity contribution in [1.29, 1.82) is 0 Å². The molecule has 3 aromatic heterocycles. The third-order valence-corrected chi connectivity index (χ3v) is 4.62. The van der Waals surface area contributed by atoms with E-state index in [0.717, 1.165) is 5.56 Å². The lowest BCUT2D eigenvalue weighted by molar-refractivity contribution is 0.0946. The van der Waals surface area contributed by atoms with E-state index in [2.05, 4.69) is 20.4 Å². The molecule has 3 heterocycles. The van der Waals surface area contributed by atoms with Gasteiger partial charge in [-0.15, -0.1) is 0 Å². The quantitative estimate of drug-likeness (QED) is 0.532. The standard InChI is InChI=1S/C22H19N5O3/c1-30-21-18(9-5-11-24-21)20(28)25-13-19-16-7-2-3-8-17(16)22(29)27(26-19)14-15-6-4-10-23-12-15/h2-12H,13-14H2,1H3,(H,25,28). The number of hydrogen-bond acceptors (Lipinski definition) is 6. The molecule has 1 aromatic carbocycles. The van der Waals surface area contributed by atoms with Gasteiger partial charge in [0.2, 0.25) is 5.88 Å². The minimum absolute atomic E-state index is 0.144. The molecule has 8 heteroatoms. The van der Waals surface area contributed by atoms with E-state index < -0.39 is 0 Å². The van der Waals surface area contributed by atoms with Crippen LogP contribution in [-0.2, 0) is 13.1 Å². The van der Waals surface area contributed by atoms with Gasteiger partial charge in [-0.3, -0.25) is 14.6 Å². The highest BCUT2D eigenvalue weighted by Gasteiger charge is 2.15. The monoisotopic (exact) mass is 401 g/mol. The number of carbonyl (C=O) groups is 1. The second kappa shape index (κ2) is 8.52. The van der Waals surface area contributed by atoms with Crippen LogP contribution in [0, 0.1) is 0 Å². The average molecular weight is 401 g/mol. The molecule has 30 heavy (non-hydrogen) atoms. The number of pyridine rings is 2. The van der Waals surface area contributed by atoms with Crippen LogP contribution in [0.5, 0.6) is 5.88 Å². The van der Waals surface area contributed by atoms with Crippen LogP contribution in [0.15, 0.2) is 71.9 Å². The lowest BCUT2D eigenvalue weighted by Gasteiger charge is -2.12. The van der Waals surface area contributed by atoms with Crippen molar-refractivity contribution >= 4 is 16.7 Å². The summed E-state index contributed by atoms with van der Waals surface area (Å²) in [5.74, 6) is -0.0924. The number of nitrogens with zero attached hydrogens (tertiary/aromatic N) is 4. The SMILES string of the molecule is COc1ncccc1C(=O)NCc1nn(Cc2cccnc2)c(=O)c2ccccc12. The summed E-state index contributed by atoms with van der Waals surface area (Å²) in [7, 11) is 1.46. The number of carbonyl (C=O) groups excluding carboxylic acids is 1. The lowest BCUT2D eigenvalue weighted by Crippen LogP contribution is -2.29. The topological polar surface area (TPSA) is 99.0 Å². The molecule has 0 spiro atoms. The molecule has 0 aliphatic rings. The van der Waals surface area contributed by atoms with Crippen molar-refractivity contribution in [3.63, 3.8) is 0 Å². The fourth-order valence-corrected chi connectivity index (χ4v) is 3.19. The molecule has 0 atom stereocenters. The molecule has 0 radical (unpaired) electrons. The molecular weight excluding hydrogens is 382 g/mol. The Morgan fingerprint density at radius 3 is 2.63 bits per heavy atom. The first kappa shape index (κ1) is 19.3. The smallest absolute Gasteiger partial charge is 0.274 e. The maximum absolute atomic E-state index is 12.9. The Hall–Kier alpha value is -4.07. The fourth-order valence-electron chi connectivity index (χ4n) is 3.19. The van der Waals surface area contributed by atoms with E-state index in [1.54, 1.807) is 42.9 Å². The van der Waals surface area contributed by atoms with Crippen molar-refractivity contribution in [1.82, 2.24) is 25.1 Å². The molecule has 0 saturated carbocycles. The molecule has 0 bridgehead atoms. The lowest BCUT2D eigenvalue weighted by atomic mass is 10.1. The largest absolute Gasteiger partial charge is 0.480 e. The van der Waals surface area contributed by atoms with Gasteiger partial charge in [-0.05, 0) is 29.8 Å². The number of methoxy groups -OCH3 is 1. The predicted molar refractivity (Wildman–Crippen MR) is 111 cm³/mol. The predicted octanol–water partition coefficient (Wildman–Crippen LogP) is 2.17. The van der Waals surface area contributed by atoms with E-state index in [0.29, 0.717) is 22.0 Å². The maximum Gasteiger partial charge on any atom is 0.274 e. The first-order valence-corrected chi connectivity index (χ1v) is 9.32. The molecule has 4 rings (SSSR count). The van der Waals surface area contributed by atoms with Crippen LogP contribution in [0.25, 0.3) is 10.8 Å². The van der Waals surface area contributed by atoms with Crippen molar-refractivity contribution in [3.8, 4) is 5.88 Å². The summed E-state index contributed by atoms with van der Waals surface area (Å²) in [6, 6.07) is 14.2. The van der Waals surface area contributed by atoms with Crippen LogP contribution in [0.1, 0.15) is 21.6 Å². The first-order chi connectivity index (χ1) is 14.7. The van der Waals surface area contributed by atoms with Gasteiger partial charge in [0, 0.05) is 24.0 Å². The zero-order chi connectivity index (χ0) is 20.9. The normalized spacial score (nSPS) is 10.7. The number of hydrogen-bond donors (Lipinski definition) is 1. The van der Waals surface area contributed by atoms with Crippen LogP contribution in [-0.4, -0.2) is 32.8 Å². The Kier molecular flexibility index (Phi) is 5.47.